The van der Waals surface area contributed by atoms with Crippen molar-refractivity contribution in [2.75, 3.05) is 11.4 Å². The molecule has 0 bridgehead atoms. The van der Waals surface area contributed by atoms with E-state index in [4.69, 9.17) is 0 Å². The van der Waals surface area contributed by atoms with Gasteiger partial charge in [-0.15, -0.1) is 0 Å². The molecule has 6 heteroatoms. The number of pyridine rings is 1. The van der Waals surface area contributed by atoms with Crippen LogP contribution in [0.15, 0.2) is 54.9 Å². The van der Waals surface area contributed by atoms with Gasteiger partial charge in [-0.1, -0.05) is 18.2 Å². The molecule has 24 heavy (non-hydrogen) atoms. The highest BCUT2D eigenvalue weighted by atomic mass is 16.2. The standard InChI is InChI=1S/C18H20N4O2/c1-13(14-7-10-19-11-8-14)20-18(24)21-16-9-12-22(17(16)23)15-5-3-2-4-6-15/h2-8,10-11,13,16H,9,12H2,1H3,(H2,20,21,24)/t13-,16+/m0/s1. The number of carbonyl (C=O) groups is 2. The van der Waals surface area contributed by atoms with Gasteiger partial charge in [-0.2, -0.15) is 0 Å². The first kappa shape index (κ1) is 16.0. The zero-order valence-corrected chi connectivity index (χ0v) is 13.5. The van der Waals surface area contributed by atoms with Crippen molar-refractivity contribution in [3.63, 3.8) is 0 Å². The normalized spacial score (nSPS) is 18.3. The minimum atomic E-state index is -0.491. The van der Waals surface area contributed by atoms with Crippen molar-refractivity contribution < 1.29 is 9.59 Å². The van der Waals surface area contributed by atoms with Gasteiger partial charge in [0.25, 0.3) is 0 Å². The van der Waals surface area contributed by atoms with E-state index in [9.17, 15) is 9.59 Å². The fourth-order valence-corrected chi connectivity index (χ4v) is 2.81. The summed E-state index contributed by atoms with van der Waals surface area (Å²) in [4.78, 5) is 30.3. The third-order valence-corrected chi connectivity index (χ3v) is 4.13. The lowest BCUT2D eigenvalue weighted by atomic mass is 10.1. The van der Waals surface area contributed by atoms with Gasteiger partial charge < -0.3 is 15.5 Å². The van der Waals surface area contributed by atoms with Gasteiger partial charge in [0.05, 0.1) is 6.04 Å². The van der Waals surface area contributed by atoms with Crippen molar-refractivity contribution >= 4 is 17.6 Å². The van der Waals surface area contributed by atoms with Crippen LogP contribution < -0.4 is 15.5 Å². The van der Waals surface area contributed by atoms with Crippen LogP contribution in [-0.2, 0) is 4.79 Å². The Labute approximate surface area is 140 Å². The maximum absolute atomic E-state index is 12.5. The number of aromatic nitrogens is 1. The van der Waals surface area contributed by atoms with Crippen LogP contribution in [0, 0.1) is 0 Å². The molecule has 2 N–H and O–H groups in total. The Kier molecular flexibility index (Phi) is 4.74. The number of rotatable bonds is 4. The molecule has 124 valence electrons. The number of amides is 3. The van der Waals surface area contributed by atoms with E-state index in [1.54, 1.807) is 17.3 Å². The molecule has 0 aliphatic carbocycles. The van der Waals surface area contributed by atoms with Crippen LogP contribution in [0.25, 0.3) is 0 Å². The van der Waals surface area contributed by atoms with E-state index in [2.05, 4.69) is 15.6 Å². The minimum absolute atomic E-state index is 0.0760. The highest BCUT2D eigenvalue weighted by Gasteiger charge is 2.33. The molecule has 1 aliphatic rings. The quantitative estimate of drug-likeness (QED) is 0.906. The van der Waals surface area contributed by atoms with Gasteiger partial charge in [-0.3, -0.25) is 9.78 Å². The molecule has 0 unspecified atom stereocenters. The highest BCUT2D eigenvalue weighted by molar-refractivity contribution is 6.01. The van der Waals surface area contributed by atoms with Crippen LogP contribution in [0.1, 0.15) is 24.9 Å². The summed E-state index contributed by atoms with van der Waals surface area (Å²) in [6.45, 7) is 2.50. The molecule has 1 aliphatic heterocycles. The smallest absolute Gasteiger partial charge is 0.315 e. The molecule has 1 aromatic carbocycles. The molecule has 3 rings (SSSR count). The van der Waals surface area contributed by atoms with Crippen molar-refractivity contribution in [3.05, 3.63) is 60.4 Å². The Morgan fingerprint density at radius 3 is 2.62 bits per heavy atom. The number of anilines is 1. The fraction of sp³-hybridized carbons (Fsp3) is 0.278. The van der Waals surface area contributed by atoms with Crippen LogP contribution in [0.4, 0.5) is 10.5 Å². The van der Waals surface area contributed by atoms with Crippen molar-refractivity contribution in [1.82, 2.24) is 15.6 Å². The Balaban J connectivity index is 1.57. The maximum atomic E-state index is 12.5. The van der Waals surface area contributed by atoms with Gasteiger partial charge in [0.15, 0.2) is 0 Å². The molecule has 0 spiro atoms. The fourth-order valence-electron chi connectivity index (χ4n) is 2.81. The van der Waals surface area contributed by atoms with Crippen LogP contribution >= 0.6 is 0 Å². The number of hydrogen-bond acceptors (Lipinski definition) is 3. The topological polar surface area (TPSA) is 74.3 Å². The molecule has 0 radical (unpaired) electrons. The van der Waals surface area contributed by atoms with Gasteiger partial charge >= 0.3 is 6.03 Å². The van der Waals surface area contributed by atoms with Crippen LogP contribution in [0.5, 0.6) is 0 Å². The Hall–Kier alpha value is -2.89. The first-order valence-electron chi connectivity index (χ1n) is 7.98. The lowest BCUT2D eigenvalue weighted by Crippen LogP contribution is -2.46. The second-order valence-corrected chi connectivity index (χ2v) is 5.79. The molecule has 6 nitrogen and oxygen atoms in total. The first-order chi connectivity index (χ1) is 11.6. The Bertz CT molecular complexity index is 705. The van der Waals surface area contributed by atoms with E-state index in [-0.39, 0.29) is 18.0 Å². The van der Waals surface area contributed by atoms with Crippen molar-refractivity contribution in [1.29, 1.82) is 0 Å². The number of para-hydroxylation sites is 1. The summed E-state index contributed by atoms with van der Waals surface area (Å²) >= 11 is 0. The summed E-state index contributed by atoms with van der Waals surface area (Å²) in [6.07, 6.45) is 3.97. The van der Waals surface area contributed by atoms with Crippen LogP contribution in [-0.4, -0.2) is 29.5 Å². The van der Waals surface area contributed by atoms with E-state index in [1.807, 2.05) is 49.4 Å². The summed E-state index contributed by atoms with van der Waals surface area (Å²) in [6, 6.07) is 12.2. The highest BCUT2D eigenvalue weighted by Crippen LogP contribution is 2.21. The third kappa shape index (κ3) is 3.53. The molecule has 0 saturated carbocycles. The van der Waals surface area contributed by atoms with E-state index in [1.165, 1.54) is 0 Å². The molecule has 1 saturated heterocycles. The molecular weight excluding hydrogens is 304 g/mol. The van der Waals surface area contributed by atoms with Gasteiger partial charge in [-0.25, -0.2) is 4.79 Å². The largest absolute Gasteiger partial charge is 0.332 e. The minimum Gasteiger partial charge on any atom is -0.332 e. The molecule has 1 fully saturated rings. The predicted molar refractivity (Wildman–Crippen MR) is 91.5 cm³/mol. The molecule has 2 heterocycles. The number of urea groups is 1. The zero-order chi connectivity index (χ0) is 16.9. The molecule has 2 atom stereocenters. The number of hydrogen-bond donors (Lipinski definition) is 2. The number of nitrogens with one attached hydrogen (secondary N) is 2. The van der Waals surface area contributed by atoms with Gasteiger partial charge in [0.2, 0.25) is 5.91 Å². The second kappa shape index (κ2) is 7.12. The monoisotopic (exact) mass is 324 g/mol. The summed E-state index contributed by atoms with van der Waals surface area (Å²) < 4.78 is 0. The van der Waals surface area contributed by atoms with E-state index < -0.39 is 6.04 Å². The van der Waals surface area contributed by atoms with Crippen molar-refractivity contribution in [3.8, 4) is 0 Å². The Morgan fingerprint density at radius 2 is 1.92 bits per heavy atom. The van der Waals surface area contributed by atoms with Gasteiger partial charge in [-0.05, 0) is 43.2 Å². The van der Waals surface area contributed by atoms with Crippen molar-refractivity contribution in [2.45, 2.75) is 25.4 Å². The van der Waals surface area contributed by atoms with Gasteiger partial charge in [0, 0.05) is 24.6 Å². The SMILES string of the molecule is C[C@H](NC(=O)N[C@@H]1CCN(c2ccccc2)C1=O)c1ccncc1. The second-order valence-electron chi connectivity index (χ2n) is 5.79. The molecule has 1 aromatic heterocycles. The summed E-state index contributed by atoms with van der Waals surface area (Å²) in [7, 11) is 0. The summed E-state index contributed by atoms with van der Waals surface area (Å²) in [5, 5.41) is 5.62. The molecular formula is C18H20N4O2. The third-order valence-electron chi connectivity index (χ3n) is 4.13. The Morgan fingerprint density at radius 1 is 1.21 bits per heavy atom. The average Bonchev–Trinajstić information content (AvgIpc) is 2.97. The number of nitrogens with zero attached hydrogens (tertiary/aromatic N) is 2. The number of carbonyl (C=O) groups excluding carboxylic acids is 2. The zero-order valence-electron chi connectivity index (χ0n) is 13.5. The number of benzene rings is 1. The predicted octanol–water partition coefficient (Wildman–Crippen LogP) is 2.25. The average molecular weight is 324 g/mol. The maximum Gasteiger partial charge on any atom is 0.315 e. The summed E-state index contributed by atoms with van der Waals surface area (Å²) in [5.41, 5.74) is 1.82. The first-order valence-corrected chi connectivity index (χ1v) is 7.98. The van der Waals surface area contributed by atoms with Crippen LogP contribution in [0.3, 0.4) is 0 Å². The van der Waals surface area contributed by atoms with E-state index >= 15 is 0 Å². The van der Waals surface area contributed by atoms with Crippen molar-refractivity contribution in [2.24, 2.45) is 0 Å². The van der Waals surface area contributed by atoms with E-state index in [0.29, 0.717) is 13.0 Å². The van der Waals surface area contributed by atoms with Gasteiger partial charge in [0.1, 0.15) is 6.04 Å². The lowest BCUT2D eigenvalue weighted by molar-refractivity contribution is -0.118. The molecule has 2 aromatic rings. The lowest BCUT2D eigenvalue weighted by Gasteiger charge is -2.19. The summed E-state index contributed by atoms with van der Waals surface area (Å²) in [5.74, 6) is -0.0760. The molecule has 3 amide bonds. The van der Waals surface area contributed by atoms with E-state index in [0.717, 1.165) is 11.3 Å². The van der Waals surface area contributed by atoms with Crippen LogP contribution in [0.2, 0.25) is 0 Å².